The maximum Gasteiger partial charge on any atom is 0.283 e. The van der Waals surface area contributed by atoms with Crippen molar-refractivity contribution in [3.05, 3.63) is 57.9 Å². The molecule has 2 aliphatic heterocycles. The molecule has 0 radical (unpaired) electrons. The van der Waals surface area contributed by atoms with Gasteiger partial charge in [-0.3, -0.25) is 10.2 Å². The number of carbonyl (C=O) groups is 1. The number of hydrogen-bond acceptors (Lipinski definition) is 4. The molecule has 3 heterocycles. The maximum atomic E-state index is 12.5. The smallest absolute Gasteiger partial charge is 0.283 e. The highest BCUT2D eigenvalue weighted by molar-refractivity contribution is 8.26. The third-order valence-corrected chi connectivity index (χ3v) is 5.56. The fraction of sp³-hybridized carbons (Fsp3) is 0.158. The zero-order chi connectivity index (χ0) is 19.3. The number of carbonyl (C=O) groups excluding carboxylic acids is 1. The van der Waals surface area contributed by atoms with Crippen LogP contribution in [0.15, 0.2) is 46.0 Å². The summed E-state index contributed by atoms with van der Waals surface area (Å²) in [7, 11) is 0. The lowest BCUT2D eigenvalue weighted by Crippen LogP contribution is -2.35. The zero-order valence-corrected chi connectivity index (χ0v) is 16.5. The molecule has 1 aromatic carbocycles. The molecule has 0 aliphatic carbocycles. The molecular formula is C19H16ClN5OS. The van der Waals surface area contributed by atoms with E-state index >= 15 is 0 Å². The Morgan fingerprint density at radius 2 is 1.96 bits per heavy atom. The van der Waals surface area contributed by atoms with Gasteiger partial charge in [-0.1, -0.05) is 23.7 Å². The van der Waals surface area contributed by atoms with Crippen LogP contribution in [0.4, 0.5) is 0 Å². The number of hydrogen-bond donors (Lipinski definition) is 1. The van der Waals surface area contributed by atoms with Gasteiger partial charge in [-0.05, 0) is 62.4 Å². The molecule has 2 aliphatic rings. The van der Waals surface area contributed by atoms with Gasteiger partial charge in [0.25, 0.3) is 5.91 Å². The van der Waals surface area contributed by atoms with Crippen molar-refractivity contribution in [2.45, 2.75) is 20.8 Å². The SMILES string of the molecule is CC1=NN2C(=N)/C(=C/c3cc(C)n(-c4ccccc4Cl)c3C)C(=O)N=C2S1. The number of nitrogens with one attached hydrogen (secondary N) is 1. The summed E-state index contributed by atoms with van der Waals surface area (Å²) in [6.45, 7) is 5.76. The molecule has 0 saturated carbocycles. The van der Waals surface area contributed by atoms with Gasteiger partial charge in [-0.15, -0.1) is 0 Å². The van der Waals surface area contributed by atoms with E-state index in [1.54, 1.807) is 6.08 Å². The minimum atomic E-state index is -0.425. The Bertz CT molecular complexity index is 1100. The van der Waals surface area contributed by atoms with Crippen LogP contribution in [-0.4, -0.2) is 31.5 Å². The fourth-order valence-corrected chi connectivity index (χ4v) is 4.13. The Morgan fingerprint density at radius 3 is 2.70 bits per heavy atom. The first kappa shape index (κ1) is 17.8. The van der Waals surface area contributed by atoms with E-state index in [9.17, 15) is 4.79 Å². The van der Waals surface area contributed by atoms with Crippen LogP contribution < -0.4 is 0 Å². The van der Waals surface area contributed by atoms with Gasteiger partial charge in [0.1, 0.15) is 0 Å². The van der Waals surface area contributed by atoms with E-state index in [0.29, 0.717) is 10.2 Å². The number of hydrazone groups is 1. The topological polar surface area (TPSA) is 73.8 Å². The minimum Gasteiger partial charge on any atom is -0.316 e. The van der Waals surface area contributed by atoms with Crippen LogP contribution >= 0.6 is 23.4 Å². The molecular weight excluding hydrogens is 382 g/mol. The van der Waals surface area contributed by atoms with Gasteiger partial charge in [-0.25, -0.2) is 0 Å². The number of aromatic nitrogens is 1. The van der Waals surface area contributed by atoms with Crippen LogP contribution in [0.5, 0.6) is 0 Å². The van der Waals surface area contributed by atoms with Gasteiger partial charge in [0.05, 0.1) is 21.3 Å². The van der Waals surface area contributed by atoms with Crippen LogP contribution in [0.1, 0.15) is 23.9 Å². The standard InChI is InChI=1S/C19H16ClN5OS/c1-10-8-13(11(2)24(10)16-7-5-4-6-15(16)20)9-14-17(21)25-19(22-18(14)26)27-12(3)23-25/h4-9,21H,1-3H3/b14-9-,21-17?. The molecule has 4 rings (SSSR count). The van der Waals surface area contributed by atoms with E-state index in [0.717, 1.165) is 27.7 Å². The van der Waals surface area contributed by atoms with Crippen LogP contribution in [0.2, 0.25) is 5.02 Å². The Labute approximate surface area is 165 Å². The summed E-state index contributed by atoms with van der Waals surface area (Å²) < 4.78 is 2.04. The van der Waals surface area contributed by atoms with Crippen LogP contribution in [-0.2, 0) is 4.79 Å². The predicted octanol–water partition coefficient (Wildman–Crippen LogP) is 4.39. The third-order valence-electron chi connectivity index (χ3n) is 4.42. The molecule has 0 atom stereocenters. The van der Waals surface area contributed by atoms with Gasteiger partial charge in [0.2, 0.25) is 5.17 Å². The highest BCUT2D eigenvalue weighted by atomic mass is 35.5. The Kier molecular flexibility index (Phi) is 4.28. The van der Waals surface area contributed by atoms with Crippen molar-refractivity contribution >= 4 is 51.4 Å². The molecule has 1 amide bonds. The Hall–Kier alpha value is -2.64. The summed E-state index contributed by atoms with van der Waals surface area (Å²) in [5.41, 5.74) is 3.85. The van der Waals surface area contributed by atoms with E-state index in [2.05, 4.69) is 10.1 Å². The van der Waals surface area contributed by atoms with Crippen molar-refractivity contribution in [2.24, 2.45) is 10.1 Å². The molecule has 0 bridgehead atoms. The molecule has 0 spiro atoms. The fourth-order valence-electron chi connectivity index (χ4n) is 3.18. The molecule has 8 heteroatoms. The largest absolute Gasteiger partial charge is 0.316 e. The minimum absolute atomic E-state index is 0.0388. The van der Waals surface area contributed by atoms with Crippen LogP contribution in [0.25, 0.3) is 11.8 Å². The van der Waals surface area contributed by atoms with E-state index in [4.69, 9.17) is 17.0 Å². The molecule has 0 saturated heterocycles. The highest BCUT2D eigenvalue weighted by Crippen LogP contribution is 2.30. The number of benzene rings is 1. The van der Waals surface area contributed by atoms with Crippen molar-refractivity contribution in [2.75, 3.05) is 0 Å². The van der Waals surface area contributed by atoms with E-state index in [-0.39, 0.29) is 11.4 Å². The third kappa shape index (κ3) is 2.93. The maximum absolute atomic E-state index is 12.5. The van der Waals surface area contributed by atoms with Gasteiger partial charge >= 0.3 is 0 Å². The summed E-state index contributed by atoms with van der Waals surface area (Å²) in [6.07, 6.45) is 1.70. The first-order valence-corrected chi connectivity index (χ1v) is 9.47. The lowest BCUT2D eigenvalue weighted by Gasteiger charge is -2.20. The second kappa shape index (κ2) is 6.51. The summed E-state index contributed by atoms with van der Waals surface area (Å²) in [4.78, 5) is 16.5. The summed E-state index contributed by atoms with van der Waals surface area (Å²) in [5, 5.41) is 15.9. The first-order valence-electron chi connectivity index (χ1n) is 8.27. The quantitative estimate of drug-likeness (QED) is 0.764. The first-order chi connectivity index (χ1) is 12.9. The van der Waals surface area contributed by atoms with Crippen molar-refractivity contribution in [3.8, 4) is 5.69 Å². The van der Waals surface area contributed by atoms with Gasteiger partial charge in [-0.2, -0.15) is 15.1 Å². The number of thioether (sulfide) groups is 1. The number of amidine groups is 2. The van der Waals surface area contributed by atoms with Gasteiger partial charge in [0.15, 0.2) is 5.84 Å². The summed E-state index contributed by atoms with van der Waals surface area (Å²) in [6, 6.07) is 9.58. The van der Waals surface area contributed by atoms with Gasteiger partial charge in [0, 0.05) is 11.4 Å². The van der Waals surface area contributed by atoms with Crippen molar-refractivity contribution < 1.29 is 4.79 Å². The van der Waals surface area contributed by atoms with Crippen molar-refractivity contribution in [3.63, 3.8) is 0 Å². The Balaban J connectivity index is 1.80. The predicted molar refractivity (Wildman–Crippen MR) is 111 cm³/mol. The molecule has 0 fully saturated rings. The number of aliphatic imine (C=N–C) groups is 1. The molecule has 2 aromatic rings. The average Bonchev–Trinajstić information content (AvgIpc) is 3.12. The number of para-hydroxylation sites is 1. The zero-order valence-electron chi connectivity index (χ0n) is 14.9. The van der Waals surface area contributed by atoms with E-state index < -0.39 is 5.91 Å². The number of aryl methyl sites for hydroxylation is 1. The summed E-state index contributed by atoms with van der Waals surface area (Å²) >= 11 is 7.65. The molecule has 1 aromatic heterocycles. The lowest BCUT2D eigenvalue weighted by molar-refractivity contribution is -0.114. The van der Waals surface area contributed by atoms with Gasteiger partial charge < -0.3 is 4.57 Å². The second-order valence-electron chi connectivity index (χ2n) is 6.25. The van der Waals surface area contributed by atoms with Crippen molar-refractivity contribution in [1.29, 1.82) is 5.41 Å². The normalized spacial score (nSPS) is 18.1. The van der Waals surface area contributed by atoms with Crippen molar-refractivity contribution in [1.82, 2.24) is 9.58 Å². The number of rotatable bonds is 2. The monoisotopic (exact) mass is 397 g/mol. The molecule has 6 nitrogen and oxygen atoms in total. The van der Waals surface area contributed by atoms with Crippen LogP contribution in [0, 0.1) is 19.3 Å². The van der Waals surface area contributed by atoms with Crippen LogP contribution in [0.3, 0.4) is 0 Å². The average molecular weight is 398 g/mol. The molecule has 0 unspecified atom stereocenters. The molecule has 136 valence electrons. The van der Waals surface area contributed by atoms with E-state index in [1.807, 2.05) is 55.7 Å². The highest BCUT2D eigenvalue weighted by Gasteiger charge is 2.34. The van der Waals surface area contributed by atoms with E-state index in [1.165, 1.54) is 16.8 Å². The molecule has 1 N–H and O–H groups in total. The number of fused-ring (bicyclic) bond motifs is 1. The number of halogens is 1. The second-order valence-corrected chi connectivity index (χ2v) is 7.82. The molecule has 27 heavy (non-hydrogen) atoms. The Morgan fingerprint density at radius 1 is 1.22 bits per heavy atom. The lowest BCUT2D eigenvalue weighted by atomic mass is 10.1. The number of amides is 1. The number of nitrogens with zero attached hydrogens (tertiary/aromatic N) is 4. The summed E-state index contributed by atoms with van der Waals surface area (Å²) in [5.74, 6) is -0.386.